The summed E-state index contributed by atoms with van der Waals surface area (Å²) >= 11 is 1.81. The molecule has 0 aliphatic heterocycles. The van der Waals surface area contributed by atoms with Crippen LogP contribution in [0.15, 0.2) is 0 Å². The van der Waals surface area contributed by atoms with Gasteiger partial charge in [-0.3, -0.25) is 0 Å². The van der Waals surface area contributed by atoms with Crippen LogP contribution in [-0.4, -0.2) is 23.3 Å². The smallest absolute Gasteiger partial charge is 0.120 e. The molecule has 0 saturated heterocycles. The molecule has 1 aromatic rings. The summed E-state index contributed by atoms with van der Waals surface area (Å²) in [4.78, 5) is 0. The molecule has 1 fully saturated rings. The van der Waals surface area contributed by atoms with E-state index in [1.807, 2.05) is 0 Å². The molecule has 1 N–H and O–H groups in total. The van der Waals surface area contributed by atoms with Crippen LogP contribution in [0.4, 0.5) is 0 Å². The molecule has 1 aliphatic rings. The van der Waals surface area contributed by atoms with Gasteiger partial charge >= 0.3 is 0 Å². The highest BCUT2D eigenvalue weighted by molar-refractivity contribution is 7.11. The molecule has 4 heteroatoms. The average molecular weight is 239 g/mol. The Balaban J connectivity index is 1.77. The molecule has 0 bridgehead atoms. The summed E-state index contributed by atoms with van der Waals surface area (Å²) in [5, 5.41) is 14.4. The van der Waals surface area contributed by atoms with E-state index in [-0.39, 0.29) is 0 Å². The fourth-order valence-electron chi connectivity index (χ4n) is 1.85. The van der Waals surface area contributed by atoms with Gasteiger partial charge in [-0.1, -0.05) is 13.8 Å². The standard InChI is InChI=1S/C12H21N3S/c1-3-7-13-8-6-11-14-15-12(16-11)9(2)10-4-5-10/h9-10,13H,3-8H2,1-2H3. The Morgan fingerprint density at radius 2 is 2.19 bits per heavy atom. The first-order chi connectivity index (χ1) is 7.81. The third-order valence-electron chi connectivity index (χ3n) is 3.14. The van der Waals surface area contributed by atoms with Gasteiger partial charge in [-0.15, -0.1) is 21.5 Å². The highest BCUT2D eigenvalue weighted by Gasteiger charge is 2.31. The Kier molecular flexibility index (Phi) is 4.29. The Hall–Kier alpha value is -0.480. The molecule has 1 unspecified atom stereocenters. The Bertz CT molecular complexity index is 320. The lowest BCUT2D eigenvalue weighted by Gasteiger charge is -2.02. The van der Waals surface area contributed by atoms with Crippen LogP contribution in [0.25, 0.3) is 0 Å². The summed E-state index contributed by atoms with van der Waals surface area (Å²) in [7, 11) is 0. The van der Waals surface area contributed by atoms with E-state index in [9.17, 15) is 0 Å². The first-order valence-electron chi connectivity index (χ1n) is 6.34. The van der Waals surface area contributed by atoms with Gasteiger partial charge in [-0.2, -0.15) is 0 Å². The molecule has 0 aromatic carbocycles. The summed E-state index contributed by atoms with van der Waals surface area (Å²) in [6, 6.07) is 0. The van der Waals surface area contributed by atoms with E-state index in [2.05, 4.69) is 29.4 Å². The lowest BCUT2D eigenvalue weighted by molar-refractivity contribution is 0.647. The van der Waals surface area contributed by atoms with Crippen molar-refractivity contribution in [2.45, 2.75) is 45.4 Å². The zero-order chi connectivity index (χ0) is 11.4. The molecule has 0 radical (unpaired) electrons. The lowest BCUT2D eigenvalue weighted by atomic mass is 10.1. The van der Waals surface area contributed by atoms with Crippen LogP contribution in [0, 0.1) is 5.92 Å². The molecule has 1 saturated carbocycles. The highest BCUT2D eigenvalue weighted by atomic mass is 32.1. The van der Waals surface area contributed by atoms with Crippen molar-refractivity contribution in [1.82, 2.24) is 15.5 Å². The molecule has 0 spiro atoms. The van der Waals surface area contributed by atoms with Gasteiger partial charge in [-0.05, 0) is 31.7 Å². The van der Waals surface area contributed by atoms with E-state index in [4.69, 9.17) is 0 Å². The fourth-order valence-corrected chi connectivity index (χ4v) is 2.83. The minimum atomic E-state index is 0.634. The van der Waals surface area contributed by atoms with Crippen LogP contribution >= 0.6 is 11.3 Å². The van der Waals surface area contributed by atoms with Gasteiger partial charge in [0.2, 0.25) is 0 Å². The number of hydrogen-bond acceptors (Lipinski definition) is 4. The Labute approximate surface area is 102 Å². The van der Waals surface area contributed by atoms with Crippen molar-refractivity contribution in [3.63, 3.8) is 0 Å². The summed E-state index contributed by atoms with van der Waals surface area (Å²) in [5.74, 6) is 1.52. The van der Waals surface area contributed by atoms with Crippen LogP contribution in [0.1, 0.15) is 49.0 Å². The van der Waals surface area contributed by atoms with Crippen molar-refractivity contribution in [1.29, 1.82) is 0 Å². The van der Waals surface area contributed by atoms with Crippen LogP contribution in [0.5, 0.6) is 0 Å². The van der Waals surface area contributed by atoms with Crippen molar-refractivity contribution in [3.05, 3.63) is 10.0 Å². The minimum absolute atomic E-state index is 0.634. The number of aromatic nitrogens is 2. The fraction of sp³-hybridized carbons (Fsp3) is 0.833. The van der Waals surface area contributed by atoms with E-state index in [0.29, 0.717) is 5.92 Å². The van der Waals surface area contributed by atoms with Crippen molar-refractivity contribution in [2.75, 3.05) is 13.1 Å². The van der Waals surface area contributed by atoms with Crippen LogP contribution in [0.3, 0.4) is 0 Å². The molecule has 1 atom stereocenters. The van der Waals surface area contributed by atoms with Crippen LogP contribution in [0.2, 0.25) is 0 Å². The summed E-state index contributed by atoms with van der Waals surface area (Å²) < 4.78 is 0. The number of nitrogens with one attached hydrogen (secondary N) is 1. The molecule has 0 amide bonds. The minimum Gasteiger partial charge on any atom is -0.316 e. The maximum absolute atomic E-state index is 4.32. The molecule has 1 aliphatic carbocycles. The third-order valence-corrected chi connectivity index (χ3v) is 4.33. The second-order valence-corrected chi connectivity index (χ2v) is 5.75. The second kappa shape index (κ2) is 5.73. The van der Waals surface area contributed by atoms with Crippen LogP contribution in [-0.2, 0) is 6.42 Å². The zero-order valence-electron chi connectivity index (χ0n) is 10.2. The Morgan fingerprint density at radius 3 is 2.88 bits per heavy atom. The number of hydrogen-bond donors (Lipinski definition) is 1. The molecule has 1 aromatic heterocycles. The molecule has 2 rings (SSSR count). The van der Waals surface area contributed by atoms with E-state index in [1.165, 1.54) is 29.3 Å². The summed E-state index contributed by atoms with van der Waals surface area (Å²) in [6.45, 7) is 6.61. The highest BCUT2D eigenvalue weighted by Crippen LogP contribution is 2.42. The average Bonchev–Trinajstić information content (AvgIpc) is 3.03. The van der Waals surface area contributed by atoms with Crippen LogP contribution < -0.4 is 5.32 Å². The van der Waals surface area contributed by atoms with E-state index in [0.717, 1.165) is 25.4 Å². The largest absolute Gasteiger partial charge is 0.316 e. The molecule has 16 heavy (non-hydrogen) atoms. The SMILES string of the molecule is CCCNCCc1nnc(C(C)C2CC2)s1. The third kappa shape index (κ3) is 3.25. The van der Waals surface area contributed by atoms with E-state index in [1.54, 1.807) is 11.3 Å². The van der Waals surface area contributed by atoms with Gasteiger partial charge in [-0.25, -0.2) is 0 Å². The maximum atomic E-state index is 4.32. The molecular weight excluding hydrogens is 218 g/mol. The van der Waals surface area contributed by atoms with Gasteiger partial charge in [0.15, 0.2) is 0 Å². The topological polar surface area (TPSA) is 37.8 Å². The number of nitrogens with zero attached hydrogens (tertiary/aromatic N) is 2. The van der Waals surface area contributed by atoms with Gasteiger partial charge in [0.1, 0.15) is 10.0 Å². The summed E-state index contributed by atoms with van der Waals surface area (Å²) in [6.07, 6.45) is 4.98. The van der Waals surface area contributed by atoms with Gasteiger partial charge in [0.05, 0.1) is 0 Å². The summed E-state index contributed by atoms with van der Waals surface area (Å²) in [5.41, 5.74) is 0. The first-order valence-corrected chi connectivity index (χ1v) is 7.16. The van der Waals surface area contributed by atoms with Gasteiger partial charge in [0, 0.05) is 18.9 Å². The molecule has 1 heterocycles. The van der Waals surface area contributed by atoms with Crippen molar-refractivity contribution in [3.8, 4) is 0 Å². The normalized spacial score (nSPS) is 17.6. The van der Waals surface area contributed by atoms with Crippen molar-refractivity contribution >= 4 is 11.3 Å². The maximum Gasteiger partial charge on any atom is 0.120 e. The lowest BCUT2D eigenvalue weighted by Crippen LogP contribution is -2.17. The first kappa shape index (κ1) is 12.0. The quantitative estimate of drug-likeness (QED) is 0.743. The van der Waals surface area contributed by atoms with E-state index < -0.39 is 0 Å². The Morgan fingerprint density at radius 1 is 1.38 bits per heavy atom. The molecule has 90 valence electrons. The molecular formula is C12H21N3S. The number of rotatable bonds is 7. The van der Waals surface area contributed by atoms with Gasteiger partial charge < -0.3 is 5.32 Å². The van der Waals surface area contributed by atoms with Crippen molar-refractivity contribution in [2.24, 2.45) is 5.92 Å². The predicted molar refractivity (Wildman–Crippen MR) is 67.9 cm³/mol. The predicted octanol–water partition coefficient (Wildman–Crippen LogP) is 2.59. The van der Waals surface area contributed by atoms with Crippen molar-refractivity contribution < 1.29 is 0 Å². The van der Waals surface area contributed by atoms with E-state index >= 15 is 0 Å². The zero-order valence-corrected chi connectivity index (χ0v) is 11.0. The van der Waals surface area contributed by atoms with Gasteiger partial charge in [0.25, 0.3) is 0 Å². The molecule has 3 nitrogen and oxygen atoms in total. The monoisotopic (exact) mass is 239 g/mol. The second-order valence-electron chi connectivity index (χ2n) is 4.66.